The lowest BCUT2D eigenvalue weighted by Gasteiger charge is -2.33. The Morgan fingerprint density at radius 2 is 2.10 bits per heavy atom. The highest BCUT2D eigenvalue weighted by Gasteiger charge is 2.19. The highest BCUT2D eigenvalue weighted by Crippen LogP contribution is 2.17. The molecule has 1 fully saturated rings. The van der Waals surface area contributed by atoms with Gasteiger partial charge in [-0.2, -0.15) is 0 Å². The van der Waals surface area contributed by atoms with Gasteiger partial charge in [0.25, 0.3) is 0 Å². The highest BCUT2D eigenvalue weighted by atomic mass is 35.5. The smallest absolute Gasteiger partial charge is 0.119 e. The quantitative estimate of drug-likeness (QED) is 0.835. The second-order valence-corrected chi connectivity index (χ2v) is 6.61. The summed E-state index contributed by atoms with van der Waals surface area (Å²) in [4.78, 5) is 2.52. The average molecular weight is 311 g/mol. The van der Waals surface area contributed by atoms with E-state index in [2.05, 4.69) is 24.1 Å². The van der Waals surface area contributed by atoms with E-state index in [9.17, 15) is 0 Å². The van der Waals surface area contributed by atoms with Crippen LogP contribution in [0, 0.1) is 5.92 Å². The summed E-state index contributed by atoms with van der Waals surface area (Å²) < 4.78 is 5.78. The Morgan fingerprint density at radius 3 is 2.81 bits per heavy atom. The second-order valence-electron chi connectivity index (χ2n) is 6.17. The standard InChI is InChI=1S/C17H27ClN2O/c1-14(2)19-12-15-4-3-9-20(13-15)10-11-21-17-7-5-16(18)6-8-17/h5-8,14-15,19H,3-4,9-13H2,1-2H3. The van der Waals surface area contributed by atoms with E-state index in [1.807, 2.05) is 24.3 Å². The number of nitrogens with one attached hydrogen (secondary N) is 1. The molecule has 0 saturated carbocycles. The van der Waals surface area contributed by atoms with E-state index in [1.54, 1.807) is 0 Å². The van der Waals surface area contributed by atoms with Crippen LogP contribution in [-0.2, 0) is 0 Å². The van der Waals surface area contributed by atoms with E-state index >= 15 is 0 Å². The molecule has 3 nitrogen and oxygen atoms in total. The van der Waals surface area contributed by atoms with Crippen LogP contribution in [0.5, 0.6) is 5.75 Å². The van der Waals surface area contributed by atoms with Gasteiger partial charge in [0, 0.05) is 24.2 Å². The summed E-state index contributed by atoms with van der Waals surface area (Å²) in [5.74, 6) is 1.67. The van der Waals surface area contributed by atoms with Gasteiger partial charge in [0.2, 0.25) is 0 Å². The summed E-state index contributed by atoms with van der Waals surface area (Å²) in [5, 5.41) is 4.30. The van der Waals surface area contributed by atoms with Crippen LogP contribution in [-0.4, -0.2) is 43.7 Å². The number of hydrogen-bond donors (Lipinski definition) is 1. The number of nitrogens with zero attached hydrogens (tertiary/aromatic N) is 1. The fourth-order valence-electron chi connectivity index (χ4n) is 2.75. The Bertz CT molecular complexity index is 408. The summed E-state index contributed by atoms with van der Waals surface area (Å²) in [6.45, 7) is 9.67. The maximum atomic E-state index is 5.87. The van der Waals surface area contributed by atoms with E-state index in [0.717, 1.165) is 36.4 Å². The summed E-state index contributed by atoms with van der Waals surface area (Å²) in [6.07, 6.45) is 2.64. The minimum atomic E-state index is 0.577. The monoisotopic (exact) mass is 310 g/mol. The van der Waals surface area contributed by atoms with Crippen LogP contribution >= 0.6 is 11.6 Å². The van der Waals surface area contributed by atoms with E-state index in [-0.39, 0.29) is 0 Å². The van der Waals surface area contributed by atoms with Crippen molar-refractivity contribution in [3.8, 4) is 5.75 Å². The summed E-state index contributed by atoms with van der Waals surface area (Å²) in [5.41, 5.74) is 0. The molecule has 2 rings (SSSR count). The van der Waals surface area contributed by atoms with Gasteiger partial charge in [0.1, 0.15) is 12.4 Å². The Hall–Kier alpha value is -0.770. The molecule has 0 spiro atoms. The molecule has 118 valence electrons. The van der Waals surface area contributed by atoms with E-state index < -0.39 is 0 Å². The first-order valence-corrected chi connectivity index (χ1v) is 8.35. The summed E-state index contributed by atoms with van der Waals surface area (Å²) in [6, 6.07) is 8.16. The first kappa shape index (κ1) is 16.6. The zero-order valence-electron chi connectivity index (χ0n) is 13.1. The molecule has 1 saturated heterocycles. The first-order chi connectivity index (χ1) is 10.1. The Kier molecular flexibility index (Phi) is 6.81. The van der Waals surface area contributed by atoms with E-state index in [4.69, 9.17) is 16.3 Å². The summed E-state index contributed by atoms with van der Waals surface area (Å²) >= 11 is 5.87. The zero-order valence-corrected chi connectivity index (χ0v) is 13.9. The fourth-order valence-corrected chi connectivity index (χ4v) is 2.87. The lowest BCUT2D eigenvalue weighted by atomic mass is 9.98. The number of ether oxygens (including phenoxy) is 1. The van der Waals surface area contributed by atoms with Gasteiger partial charge in [-0.3, -0.25) is 4.90 Å². The van der Waals surface area contributed by atoms with Gasteiger partial charge in [0.15, 0.2) is 0 Å². The molecule has 21 heavy (non-hydrogen) atoms. The van der Waals surface area contributed by atoms with Crippen molar-refractivity contribution in [3.05, 3.63) is 29.3 Å². The van der Waals surface area contributed by atoms with Crippen molar-refractivity contribution in [2.45, 2.75) is 32.7 Å². The molecule has 0 aromatic heterocycles. The van der Waals surface area contributed by atoms with Crippen molar-refractivity contribution in [2.75, 3.05) is 32.8 Å². The lowest BCUT2D eigenvalue weighted by Crippen LogP contribution is -2.42. The lowest BCUT2D eigenvalue weighted by molar-refractivity contribution is 0.144. The zero-order chi connectivity index (χ0) is 15.1. The average Bonchev–Trinajstić information content (AvgIpc) is 2.48. The van der Waals surface area contributed by atoms with Crippen LogP contribution in [0.1, 0.15) is 26.7 Å². The minimum absolute atomic E-state index is 0.577. The Balaban J connectivity index is 1.66. The molecule has 4 heteroatoms. The van der Waals surface area contributed by atoms with Crippen molar-refractivity contribution in [1.82, 2.24) is 10.2 Å². The van der Waals surface area contributed by atoms with Crippen molar-refractivity contribution in [3.63, 3.8) is 0 Å². The third-order valence-electron chi connectivity index (χ3n) is 3.91. The predicted octanol–water partition coefficient (Wildman–Crippen LogP) is 3.43. The molecular formula is C17H27ClN2O. The maximum absolute atomic E-state index is 5.87. The van der Waals surface area contributed by atoms with Crippen LogP contribution in [0.3, 0.4) is 0 Å². The normalized spacial score (nSPS) is 19.9. The molecule has 1 aromatic carbocycles. The molecule has 1 unspecified atom stereocenters. The summed E-state index contributed by atoms with van der Waals surface area (Å²) in [7, 11) is 0. The SMILES string of the molecule is CC(C)NCC1CCCN(CCOc2ccc(Cl)cc2)C1. The van der Waals surface area contributed by atoms with Crippen molar-refractivity contribution in [2.24, 2.45) is 5.92 Å². The molecule has 0 bridgehead atoms. The van der Waals surface area contributed by atoms with Crippen LogP contribution in [0.15, 0.2) is 24.3 Å². The van der Waals surface area contributed by atoms with Gasteiger partial charge in [-0.05, 0) is 56.1 Å². The Morgan fingerprint density at radius 1 is 1.33 bits per heavy atom. The molecule has 0 amide bonds. The maximum Gasteiger partial charge on any atom is 0.119 e. The predicted molar refractivity (Wildman–Crippen MR) is 89.2 cm³/mol. The van der Waals surface area contributed by atoms with Crippen molar-refractivity contribution in [1.29, 1.82) is 0 Å². The molecule has 1 heterocycles. The van der Waals surface area contributed by atoms with Crippen molar-refractivity contribution >= 4 is 11.6 Å². The number of hydrogen-bond acceptors (Lipinski definition) is 3. The van der Waals surface area contributed by atoms with Crippen LogP contribution in [0.25, 0.3) is 0 Å². The highest BCUT2D eigenvalue weighted by molar-refractivity contribution is 6.30. The van der Waals surface area contributed by atoms with Gasteiger partial charge >= 0.3 is 0 Å². The first-order valence-electron chi connectivity index (χ1n) is 7.97. The molecule has 1 aromatic rings. The van der Waals surface area contributed by atoms with Gasteiger partial charge < -0.3 is 10.1 Å². The number of likely N-dealkylation sites (tertiary alicyclic amines) is 1. The van der Waals surface area contributed by atoms with E-state index in [1.165, 1.54) is 25.9 Å². The molecule has 1 aliphatic heterocycles. The van der Waals surface area contributed by atoms with Gasteiger partial charge in [0.05, 0.1) is 0 Å². The van der Waals surface area contributed by atoms with Gasteiger partial charge in [-0.15, -0.1) is 0 Å². The number of benzene rings is 1. The number of piperidine rings is 1. The Labute approximate surface area is 133 Å². The topological polar surface area (TPSA) is 24.5 Å². The third kappa shape index (κ3) is 6.25. The second kappa shape index (κ2) is 8.62. The number of rotatable bonds is 7. The molecule has 1 atom stereocenters. The molecule has 0 radical (unpaired) electrons. The fraction of sp³-hybridized carbons (Fsp3) is 0.647. The molecule has 1 aliphatic rings. The molecule has 1 N–H and O–H groups in total. The van der Waals surface area contributed by atoms with E-state index in [0.29, 0.717) is 6.04 Å². The van der Waals surface area contributed by atoms with Gasteiger partial charge in [-0.25, -0.2) is 0 Å². The third-order valence-corrected chi connectivity index (χ3v) is 4.16. The van der Waals surface area contributed by atoms with Crippen LogP contribution < -0.4 is 10.1 Å². The minimum Gasteiger partial charge on any atom is -0.492 e. The van der Waals surface area contributed by atoms with Crippen LogP contribution in [0.2, 0.25) is 5.02 Å². The molecule has 0 aliphatic carbocycles. The van der Waals surface area contributed by atoms with Crippen LogP contribution in [0.4, 0.5) is 0 Å². The van der Waals surface area contributed by atoms with Crippen molar-refractivity contribution < 1.29 is 4.74 Å². The van der Waals surface area contributed by atoms with Gasteiger partial charge in [-0.1, -0.05) is 25.4 Å². The largest absolute Gasteiger partial charge is 0.492 e. The molecular weight excluding hydrogens is 284 g/mol. The number of halogens is 1.